The maximum Gasteiger partial charge on any atom is 0.511 e. The fraction of sp³-hybridized carbons (Fsp3) is 0.273. The SMILES string of the molecule is Cc1c(-c2ccccc2)nc(C(C)C)c(C=CCO[P+](=O)C[C@H](CC(=O)O)O[Si](c2ccccc2)(c2ccccc2)C(C)(C)C)c1-c1ccc(F)cc1. The third-order valence-corrected chi connectivity index (χ3v) is 15.6. The van der Waals surface area contributed by atoms with E-state index in [4.69, 9.17) is 13.9 Å². The zero-order valence-electron chi connectivity index (χ0n) is 31.3. The molecule has 53 heavy (non-hydrogen) atoms. The first kappa shape index (κ1) is 39.6. The van der Waals surface area contributed by atoms with Crippen LogP contribution in [-0.2, 0) is 18.3 Å². The normalized spacial score (nSPS) is 13.0. The zero-order valence-corrected chi connectivity index (χ0v) is 33.1. The number of aliphatic carboxylic acids is 1. The Bertz CT molecular complexity index is 1990. The predicted octanol–water partition coefficient (Wildman–Crippen LogP) is 10.2. The van der Waals surface area contributed by atoms with Crippen molar-refractivity contribution in [3.8, 4) is 22.4 Å². The van der Waals surface area contributed by atoms with Crippen molar-refractivity contribution >= 4 is 38.8 Å². The minimum absolute atomic E-state index is 0.0219. The van der Waals surface area contributed by atoms with Gasteiger partial charge in [0.15, 0.2) is 0 Å². The van der Waals surface area contributed by atoms with Gasteiger partial charge in [0.1, 0.15) is 18.5 Å². The van der Waals surface area contributed by atoms with Gasteiger partial charge < -0.3 is 9.53 Å². The van der Waals surface area contributed by atoms with Crippen LogP contribution in [0.25, 0.3) is 28.5 Å². The molecule has 6 nitrogen and oxygen atoms in total. The molecule has 0 saturated heterocycles. The van der Waals surface area contributed by atoms with Crippen LogP contribution in [0.5, 0.6) is 0 Å². The maximum atomic E-state index is 14.1. The van der Waals surface area contributed by atoms with E-state index in [1.807, 2.05) is 104 Å². The average Bonchev–Trinajstić information content (AvgIpc) is 3.13. The number of pyridine rings is 1. The molecule has 0 radical (unpaired) electrons. The smallest absolute Gasteiger partial charge is 0.481 e. The molecule has 1 N–H and O–H groups in total. The van der Waals surface area contributed by atoms with E-state index in [0.29, 0.717) is 0 Å². The van der Waals surface area contributed by atoms with Gasteiger partial charge in [-0.25, -0.2) is 4.39 Å². The number of aromatic nitrogens is 1. The quantitative estimate of drug-likeness (QED) is 0.0848. The summed E-state index contributed by atoms with van der Waals surface area (Å²) in [6.45, 7) is 12.6. The third-order valence-electron chi connectivity index (χ3n) is 9.35. The lowest BCUT2D eigenvalue weighted by molar-refractivity contribution is -0.138. The molecule has 1 aromatic heterocycles. The van der Waals surface area contributed by atoms with E-state index in [-0.39, 0.29) is 36.0 Å². The molecular weight excluding hydrogens is 701 g/mol. The number of rotatable bonds is 15. The number of benzene rings is 4. The van der Waals surface area contributed by atoms with Crippen LogP contribution in [-0.4, -0.2) is 43.2 Å². The van der Waals surface area contributed by atoms with Gasteiger partial charge in [0, 0.05) is 11.1 Å². The Morgan fingerprint density at radius 2 is 1.42 bits per heavy atom. The Labute approximate surface area is 314 Å². The highest BCUT2D eigenvalue weighted by Gasteiger charge is 2.52. The topological polar surface area (TPSA) is 85.7 Å². The van der Waals surface area contributed by atoms with Crippen molar-refractivity contribution in [2.45, 2.75) is 65.0 Å². The van der Waals surface area contributed by atoms with E-state index in [1.54, 1.807) is 18.2 Å². The summed E-state index contributed by atoms with van der Waals surface area (Å²) in [6.07, 6.45) is 2.48. The number of carbonyl (C=O) groups is 1. The lowest BCUT2D eigenvalue weighted by Crippen LogP contribution is -2.68. The predicted molar refractivity (Wildman–Crippen MR) is 216 cm³/mol. The molecule has 0 bridgehead atoms. The molecule has 9 heteroatoms. The van der Waals surface area contributed by atoms with Gasteiger partial charge in [-0.05, 0) is 61.6 Å². The number of hydrogen-bond donors (Lipinski definition) is 1. The van der Waals surface area contributed by atoms with Gasteiger partial charge >= 0.3 is 14.0 Å². The van der Waals surface area contributed by atoms with Crippen molar-refractivity contribution in [1.29, 1.82) is 0 Å². The van der Waals surface area contributed by atoms with E-state index in [9.17, 15) is 18.9 Å². The molecule has 5 rings (SSSR count). The minimum Gasteiger partial charge on any atom is -0.481 e. The van der Waals surface area contributed by atoms with Gasteiger partial charge in [-0.3, -0.25) is 9.78 Å². The summed E-state index contributed by atoms with van der Waals surface area (Å²) in [6, 6.07) is 36.4. The first-order chi connectivity index (χ1) is 25.3. The number of hydrogen-bond acceptors (Lipinski definition) is 5. The first-order valence-electron chi connectivity index (χ1n) is 17.9. The Morgan fingerprint density at radius 1 is 0.868 bits per heavy atom. The van der Waals surface area contributed by atoms with Crippen molar-refractivity contribution in [3.63, 3.8) is 0 Å². The van der Waals surface area contributed by atoms with Crippen LogP contribution < -0.4 is 10.4 Å². The van der Waals surface area contributed by atoms with E-state index in [0.717, 1.165) is 49.6 Å². The maximum absolute atomic E-state index is 14.1. The van der Waals surface area contributed by atoms with E-state index < -0.39 is 28.4 Å². The highest BCUT2D eigenvalue weighted by Crippen LogP contribution is 2.40. The molecule has 2 atom stereocenters. The van der Waals surface area contributed by atoms with Crippen LogP contribution in [0.2, 0.25) is 5.04 Å². The molecule has 0 aliphatic heterocycles. The lowest BCUT2D eigenvalue weighted by Gasteiger charge is -2.44. The van der Waals surface area contributed by atoms with Crippen LogP contribution in [0.4, 0.5) is 4.39 Å². The van der Waals surface area contributed by atoms with Gasteiger partial charge in [-0.2, -0.15) is 0 Å². The molecule has 0 aliphatic carbocycles. The Balaban J connectivity index is 1.44. The molecule has 274 valence electrons. The van der Waals surface area contributed by atoms with Crippen molar-refractivity contribution < 1.29 is 27.8 Å². The van der Waals surface area contributed by atoms with Crippen molar-refractivity contribution in [2.24, 2.45) is 0 Å². The van der Waals surface area contributed by atoms with Gasteiger partial charge in [-0.1, -0.05) is 150 Å². The fourth-order valence-electron chi connectivity index (χ4n) is 6.98. The summed E-state index contributed by atoms with van der Waals surface area (Å²) < 4.78 is 40.6. The zero-order chi connectivity index (χ0) is 38.2. The molecule has 0 fully saturated rings. The van der Waals surface area contributed by atoms with Crippen molar-refractivity contribution in [2.75, 3.05) is 12.8 Å². The number of carboxylic acid groups (broad SMARTS) is 1. The van der Waals surface area contributed by atoms with Crippen LogP contribution in [0.15, 0.2) is 121 Å². The summed E-state index contributed by atoms with van der Waals surface area (Å²) in [7, 11) is -5.41. The van der Waals surface area contributed by atoms with E-state index in [1.165, 1.54) is 12.1 Å². The third kappa shape index (κ3) is 9.32. The van der Waals surface area contributed by atoms with Crippen LogP contribution in [0.1, 0.15) is 63.8 Å². The van der Waals surface area contributed by atoms with Gasteiger partial charge in [0.25, 0.3) is 8.32 Å². The summed E-state index contributed by atoms with van der Waals surface area (Å²) in [4.78, 5) is 17.3. The largest absolute Gasteiger partial charge is 0.511 e. The second kappa shape index (κ2) is 17.5. The molecular formula is C44H48FNO5PSi+. The number of halogens is 1. The highest BCUT2D eigenvalue weighted by molar-refractivity contribution is 7.39. The lowest BCUT2D eigenvalue weighted by atomic mass is 9.88. The summed E-state index contributed by atoms with van der Waals surface area (Å²) >= 11 is 0. The minimum atomic E-state index is -3.11. The number of carboxylic acids is 1. The summed E-state index contributed by atoms with van der Waals surface area (Å²) in [5, 5.41) is 11.6. The van der Waals surface area contributed by atoms with Crippen molar-refractivity contribution in [3.05, 3.63) is 144 Å². The number of nitrogens with zero attached hydrogens (tertiary/aromatic N) is 1. The molecule has 5 aromatic rings. The van der Waals surface area contributed by atoms with Gasteiger partial charge in [0.05, 0.1) is 17.8 Å². The van der Waals surface area contributed by atoms with Crippen LogP contribution in [0, 0.1) is 12.7 Å². The Morgan fingerprint density at radius 3 is 1.92 bits per heavy atom. The van der Waals surface area contributed by atoms with Gasteiger partial charge in [0.2, 0.25) is 6.16 Å². The summed E-state index contributed by atoms with van der Waals surface area (Å²) in [5.74, 6) is -1.29. The first-order valence-corrected chi connectivity index (χ1v) is 21.2. The highest BCUT2D eigenvalue weighted by atomic mass is 31.1. The van der Waals surface area contributed by atoms with E-state index in [2.05, 4.69) is 34.6 Å². The average molecular weight is 749 g/mol. The Kier molecular flexibility index (Phi) is 13.1. The monoisotopic (exact) mass is 748 g/mol. The second-order valence-corrected chi connectivity index (χ2v) is 20.0. The molecule has 4 aromatic carbocycles. The van der Waals surface area contributed by atoms with E-state index >= 15 is 0 Å². The molecule has 0 spiro atoms. The molecule has 1 unspecified atom stereocenters. The van der Waals surface area contributed by atoms with Crippen LogP contribution in [0.3, 0.4) is 0 Å². The molecule has 0 saturated carbocycles. The van der Waals surface area contributed by atoms with Crippen LogP contribution >= 0.6 is 8.03 Å². The molecule has 0 aliphatic rings. The van der Waals surface area contributed by atoms with Crippen molar-refractivity contribution in [1.82, 2.24) is 4.98 Å². The second-order valence-electron chi connectivity index (χ2n) is 14.5. The molecule has 1 heterocycles. The molecule has 0 amide bonds. The fourth-order valence-corrected chi connectivity index (χ4v) is 12.7. The standard InChI is InChI=1S/C44H47FNO5PSi/c1-31(2)42-39(41(33-24-26-35(45)27-25-33)32(3)43(46-42)34-17-10-7-11-18-34)23-16-28-50-52(49)30-36(29-40(47)48)51-53(44(4,5)6,37-19-12-8-13-20-37)38-21-14-9-15-22-38/h7-27,31,36H,28-30H2,1-6H3/p+1/t36-/m0/s1. The van der Waals surface area contributed by atoms with Gasteiger partial charge in [-0.15, -0.1) is 4.52 Å². The summed E-state index contributed by atoms with van der Waals surface area (Å²) in [5.41, 5.74) is 6.34. The Hall–Kier alpha value is -4.59.